The fourth-order valence-electron chi connectivity index (χ4n) is 3.47. The summed E-state index contributed by atoms with van der Waals surface area (Å²) in [6.45, 7) is 1.26. The summed E-state index contributed by atoms with van der Waals surface area (Å²) in [6.07, 6.45) is 1.55. The van der Waals surface area contributed by atoms with Gasteiger partial charge in [0.1, 0.15) is 5.82 Å². The second-order valence-corrected chi connectivity index (χ2v) is 11.5. The third-order valence-electron chi connectivity index (χ3n) is 5.27. The molecule has 3 heterocycles. The van der Waals surface area contributed by atoms with Crippen molar-refractivity contribution >= 4 is 60.2 Å². The van der Waals surface area contributed by atoms with Crippen LogP contribution in [0, 0.1) is 5.82 Å². The Morgan fingerprint density at radius 2 is 1.91 bits per heavy atom. The van der Waals surface area contributed by atoms with Crippen molar-refractivity contribution in [2.75, 3.05) is 31.3 Å². The molecule has 1 aliphatic rings. The quantitative estimate of drug-likeness (QED) is 0.275. The van der Waals surface area contributed by atoms with Crippen molar-refractivity contribution < 1.29 is 22.3 Å². The van der Waals surface area contributed by atoms with E-state index in [-0.39, 0.29) is 28.7 Å². The van der Waals surface area contributed by atoms with Gasteiger partial charge >= 0.3 is 0 Å². The van der Waals surface area contributed by atoms with E-state index in [1.807, 2.05) is 17.5 Å². The number of thiazole rings is 1. The van der Waals surface area contributed by atoms with E-state index >= 15 is 0 Å². The first-order chi connectivity index (χ1) is 16.9. The van der Waals surface area contributed by atoms with E-state index in [2.05, 4.69) is 10.1 Å². The van der Waals surface area contributed by atoms with Crippen LogP contribution in [-0.2, 0) is 14.8 Å². The van der Waals surface area contributed by atoms with E-state index in [0.29, 0.717) is 23.4 Å². The van der Waals surface area contributed by atoms with E-state index < -0.39 is 21.7 Å². The Morgan fingerprint density at radius 3 is 2.63 bits per heavy atom. The van der Waals surface area contributed by atoms with E-state index in [0.717, 1.165) is 21.2 Å². The van der Waals surface area contributed by atoms with Gasteiger partial charge in [-0.15, -0.1) is 11.3 Å². The van der Waals surface area contributed by atoms with Crippen LogP contribution in [0.15, 0.2) is 70.0 Å². The van der Waals surface area contributed by atoms with Gasteiger partial charge in [0.05, 0.1) is 34.5 Å². The zero-order valence-electron chi connectivity index (χ0n) is 18.2. The minimum Gasteiger partial charge on any atom is -0.379 e. The maximum Gasteiger partial charge on any atom is 0.280 e. The van der Waals surface area contributed by atoms with E-state index in [1.54, 1.807) is 12.3 Å². The number of thiophene rings is 1. The van der Waals surface area contributed by atoms with Crippen LogP contribution in [0.2, 0.25) is 0 Å². The van der Waals surface area contributed by atoms with E-state index in [4.69, 9.17) is 4.74 Å². The molecule has 0 aliphatic carbocycles. The first-order valence-corrected chi connectivity index (χ1v) is 13.7. The molecule has 0 radical (unpaired) electrons. The zero-order valence-corrected chi connectivity index (χ0v) is 20.7. The fourth-order valence-corrected chi connectivity index (χ4v) is 6.41. The number of ether oxygens (including phenoxy) is 1. The number of halogens is 1. The van der Waals surface area contributed by atoms with Crippen LogP contribution in [0.5, 0.6) is 0 Å². The molecule has 2 aromatic heterocycles. The van der Waals surface area contributed by atoms with Crippen LogP contribution in [0.1, 0.15) is 15.2 Å². The van der Waals surface area contributed by atoms with Gasteiger partial charge in [-0.3, -0.25) is 4.79 Å². The Hall–Kier alpha value is -3.03. The summed E-state index contributed by atoms with van der Waals surface area (Å²) < 4.78 is 46.7. The number of carbonyl (C=O) groups excluding carboxylic acids is 1. The van der Waals surface area contributed by atoms with Gasteiger partial charge in [-0.05, 0) is 53.9 Å². The van der Waals surface area contributed by atoms with Gasteiger partial charge < -0.3 is 4.74 Å². The molecule has 180 valence electrons. The third-order valence-corrected chi connectivity index (χ3v) is 8.98. The molecule has 1 amide bonds. The molecule has 0 saturated carbocycles. The number of fused-ring (bicyclic) bond motifs is 1. The Kier molecular flexibility index (Phi) is 6.71. The molecule has 0 spiro atoms. The summed E-state index contributed by atoms with van der Waals surface area (Å²) in [5.41, 5.74) is 0.780. The lowest BCUT2D eigenvalue weighted by molar-refractivity contribution is 0.0730. The molecule has 5 rings (SSSR count). The van der Waals surface area contributed by atoms with Crippen molar-refractivity contribution in [1.29, 1.82) is 0 Å². The number of hydrazone groups is 1. The molecule has 0 unspecified atom stereocenters. The summed E-state index contributed by atoms with van der Waals surface area (Å²) in [7, 11) is -3.68. The lowest BCUT2D eigenvalue weighted by Crippen LogP contribution is -2.40. The number of amides is 1. The fraction of sp³-hybridized carbons (Fsp3) is 0.174. The molecule has 0 N–H and O–H groups in total. The number of hydrogen-bond acceptors (Lipinski definition) is 8. The highest BCUT2D eigenvalue weighted by Gasteiger charge is 2.27. The number of anilines is 1. The van der Waals surface area contributed by atoms with Crippen LogP contribution < -0.4 is 5.01 Å². The molecule has 1 saturated heterocycles. The van der Waals surface area contributed by atoms with Crippen LogP contribution in [0.3, 0.4) is 0 Å². The minimum atomic E-state index is -3.68. The molecule has 8 nitrogen and oxygen atoms in total. The summed E-state index contributed by atoms with van der Waals surface area (Å²) in [6, 6.07) is 13.7. The second kappa shape index (κ2) is 9.91. The number of nitrogens with zero attached hydrogens (tertiary/aromatic N) is 4. The Morgan fingerprint density at radius 1 is 1.14 bits per heavy atom. The molecular formula is C23H19FN4O4S3. The predicted molar refractivity (Wildman–Crippen MR) is 134 cm³/mol. The highest BCUT2D eigenvalue weighted by Crippen LogP contribution is 2.31. The molecule has 35 heavy (non-hydrogen) atoms. The van der Waals surface area contributed by atoms with Gasteiger partial charge in [0.2, 0.25) is 15.2 Å². The van der Waals surface area contributed by atoms with Crippen molar-refractivity contribution in [3.8, 4) is 0 Å². The van der Waals surface area contributed by atoms with Gasteiger partial charge in [0, 0.05) is 23.5 Å². The summed E-state index contributed by atoms with van der Waals surface area (Å²) in [4.78, 5) is 18.8. The van der Waals surface area contributed by atoms with Crippen molar-refractivity contribution in [1.82, 2.24) is 9.29 Å². The lowest BCUT2D eigenvalue weighted by Gasteiger charge is -2.26. The largest absolute Gasteiger partial charge is 0.379 e. The molecule has 0 bridgehead atoms. The van der Waals surface area contributed by atoms with Crippen LogP contribution in [0.25, 0.3) is 10.2 Å². The van der Waals surface area contributed by atoms with Crippen molar-refractivity contribution in [3.05, 3.63) is 76.2 Å². The van der Waals surface area contributed by atoms with Crippen LogP contribution in [-0.4, -0.2) is 56.1 Å². The summed E-state index contributed by atoms with van der Waals surface area (Å²) in [5, 5.41) is 7.67. The first-order valence-electron chi connectivity index (χ1n) is 10.6. The Labute approximate surface area is 208 Å². The molecule has 2 aromatic carbocycles. The number of benzene rings is 2. The van der Waals surface area contributed by atoms with Crippen LogP contribution in [0.4, 0.5) is 9.52 Å². The Balaban J connectivity index is 1.47. The smallest absolute Gasteiger partial charge is 0.280 e. The molecule has 1 aliphatic heterocycles. The number of carbonyl (C=O) groups is 1. The first kappa shape index (κ1) is 23.7. The minimum absolute atomic E-state index is 0.0973. The maximum atomic E-state index is 13.7. The van der Waals surface area contributed by atoms with Gasteiger partial charge in [-0.2, -0.15) is 14.4 Å². The Bertz CT molecular complexity index is 1480. The second-order valence-electron chi connectivity index (χ2n) is 7.53. The number of rotatable bonds is 6. The number of aromatic nitrogens is 1. The lowest BCUT2D eigenvalue weighted by atomic mass is 10.2. The molecular weight excluding hydrogens is 511 g/mol. The number of sulfonamides is 1. The highest BCUT2D eigenvalue weighted by molar-refractivity contribution is 7.89. The molecule has 0 atom stereocenters. The van der Waals surface area contributed by atoms with Gasteiger partial charge in [-0.1, -0.05) is 17.4 Å². The number of hydrogen-bond donors (Lipinski definition) is 0. The summed E-state index contributed by atoms with van der Waals surface area (Å²) in [5.74, 6) is -0.891. The van der Waals surface area contributed by atoms with Crippen molar-refractivity contribution in [2.24, 2.45) is 5.10 Å². The molecule has 12 heteroatoms. The normalized spacial score (nSPS) is 15.1. The standard InChI is InChI=1S/C23H19FN4O4S3/c24-17-5-8-20-21(14-17)34-23(26-20)28(25-15-18-2-1-13-33-18)22(29)16-3-6-19(7-4-16)35(30,31)27-9-11-32-12-10-27/h1-8,13-15H,9-12H2/b25-15+. The number of morpholine rings is 1. The SMILES string of the molecule is O=C(c1ccc(S(=O)(=O)N2CCOCC2)cc1)N(/N=C/c1cccs1)c1nc2ccc(F)cc2s1. The van der Waals surface area contributed by atoms with E-state index in [9.17, 15) is 17.6 Å². The van der Waals surface area contributed by atoms with Gasteiger partial charge in [0.15, 0.2) is 0 Å². The topological polar surface area (TPSA) is 92.2 Å². The molecule has 4 aromatic rings. The van der Waals surface area contributed by atoms with Crippen molar-refractivity contribution in [2.45, 2.75) is 4.90 Å². The van der Waals surface area contributed by atoms with Crippen molar-refractivity contribution in [3.63, 3.8) is 0 Å². The summed E-state index contributed by atoms with van der Waals surface area (Å²) >= 11 is 2.59. The maximum absolute atomic E-state index is 13.7. The van der Waals surface area contributed by atoms with Gasteiger partial charge in [-0.25, -0.2) is 17.8 Å². The van der Waals surface area contributed by atoms with E-state index in [1.165, 1.54) is 52.0 Å². The highest BCUT2D eigenvalue weighted by atomic mass is 32.2. The average molecular weight is 531 g/mol. The monoisotopic (exact) mass is 530 g/mol. The van der Waals surface area contributed by atoms with Gasteiger partial charge in [0.25, 0.3) is 5.91 Å². The molecule has 1 fully saturated rings. The average Bonchev–Trinajstić information content (AvgIpc) is 3.54. The van der Waals surface area contributed by atoms with Crippen LogP contribution >= 0.6 is 22.7 Å². The zero-order chi connectivity index (χ0) is 24.4. The predicted octanol–water partition coefficient (Wildman–Crippen LogP) is 4.20. The third kappa shape index (κ3) is 5.02.